The molecule has 0 atom stereocenters. The number of hydrogen-bond acceptors (Lipinski definition) is 3. The molecule has 0 fully saturated rings. The van der Waals surface area contributed by atoms with E-state index in [2.05, 4.69) is 0 Å². The molecule has 0 heterocycles. The van der Waals surface area contributed by atoms with Crippen molar-refractivity contribution in [2.24, 2.45) is 5.73 Å². The van der Waals surface area contributed by atoms with Crippen LogP contribution in [0.15, 0.2) is 59.5 Å². The fourth-order valence-corrected chi connectivity index (χ4v) is 3.34. The molecule has 2 N–H and O–H groups in total. The summed E-state index contributed by atoms with van der Waals surface area (Å²) in [7, 11) is -3.89. The first-order chi connectivity index (χ1) is 9.91. The number of halogens is 1. The number of rotatable bonds is 5. The van der Waals surface area contributed by atoms with Crippen LogP contribution in [0.3, 0.4) is 0 Å². The summed E-state index contributed by atoms with van der Waals surface area (Å²) in [6, 6.07) is 14.0. The van der Waals surface area contributed by atoms with E-state index in [0.717, 1.165) is 4.31 Å². The Bertz CT molecular complexity index is 731. The van der Waals surface area contributed by atoms with Crippen molar-refractivity contribution in [3.05, 3.63) is 59.6 Å². The van der Waals surface area contributed by atoms with Crippen LogP contribution < -0.4 is 10.0 Å². The molecule has 0 aromatic heterocycles. The predicted octanol–water partition coefficient (Wildman–Crippen LogP) is 2.02. The molecule has 2 rings (SSSR count). The zero-order chi connectivity index (χ0) is 15.5. The Morgan fingerprint density at radius 2 is 1.62 bits per heavy atom. The normalized spacial score (nSPS) is 11.1. The lowest BCUT2D eigenvalue weighted by Crippen LogP contribution is -2.38. The highest BCUT2D eigenvalue weighted by molar-refractivity contribution is 7.92. The second-order valence-electron chi connectivity index (χ2n) is 4.27. The molecule has 0 saturated heterocycles. The van der Waals surface area contributed by atoms with Crippen LogP contribution in [0.4, 0.5) is 5.69 Å². The summed E-state index contributed by atoms with van der Waals surface area (Å²) in [6.07, 6.45) is 0. The maximum atomic E-state index is 12.7. The SMILES string of the molecule is NC(=O)CN(c1ccccc1)S(=O)(=O)c1ccc(Cl)cc1. The van der Waals surface area contributed by atoms with Gasteiger partial charge in [-0.2, -0.15) is 0 Å². The number of para-hydroxylation sites is 1. The number of nitrogens with zero attached hydrogens (tertiary/aromatic N) is 1. The van der Waals surface area contributed by atoms with Crippen LogP contribution in [0.2, 0.25) is 5.02 Å². The first-order valence-electron chi connectivity index (χ1n) is 6.03. The minimum Gasteiger partial charge on any atom is -0.368 e. The van der Waals surface area contributed by atoms with E-state index < -0.39 is 22.5 Å². The monoisotopic (exact) mass is 324 g/mol. The number of carbonyl (C=O) groups is 1. The van der Waals surface area contributed by atoms with Crippen molar-refractivity contribution in [3.8, 4) is 0 Å². The molecule has 2 aromatic rings. The highest BCUT2D eigenvalue weighted by atomic mass is 35.5. The van der Waals surface area contributed by atoms with Crippen molar-refractivity contribution in [2.45, 2.75) is 4.90 Å². The second-order valence-corrected chi connectivity index (χ2v) is 6.57. The predicted molar refractivity (Wildman–Crippen MR) is 81.6 cm³/mol. The van der Waals surface area contributed by atoms with Gasteiger partial charge in [-0.15, -0.1) is 0 Å². The highest BCUT2D eigenvalue weighted by Crippen LogP contribution is 2.24. The summed E-state index contributed by atoms with van der Waals surface area (Å²) in [5, 5.41) is 0.426. The number of nitrogens with two attached hydrogens (primary N) is 1. The van der Waals surface area contributed by atoms with Gasteiger partial charge < -0.3 is 5.73 Å². The van der Waals surface area contributed by atoms with Gasteiger partial charge in [0.2, 0.25) is 5.91 Å². The van der Waals surface area contributed by atoms with Gasteiger partial charge in [0.05, 0.1) is 10.6 Å². The summed E-state index contributed by atoms with van der Waals surface area (Å²) in [6.45, 7) is -0.436. The molecule has 1 amide bonds. The standard InChI is InChI=1S/C14H13ClN2O3S/c15-11-6-8-13(9-7-11)21(19,20)17(10-14(16)18)12-4-2-1-3-5-12/h1-9H,10H2,(H2,16,18). The van der Waals surface area contributed by atoms with Gasteiger partial charge >= 0.3 is 0 Å². The van der Waals surface area contributed by atoms with E-state index >= 15 is 0 Å². The van der Waals surface area contributed by atoms with Crippen LogP contribution in [0.25, 0.3) is 0 Å². The number of sulfonamides is 1. The summed E-state index contributed by atoms with van der Waals surface area (Å²) >= 11 is 5.76. The third kappa shape index (κ3) is 3.53. The highest BCUT2D eigenvalue weighted by Gasteiger charge is 2.26. The smallest absolute Gasteiger partial charge is 0.264 e. The Balaban J connectivity index is 2.49. The molecule has 0 unspecified atom stereocenters. The minimum atomic E-state index is -3.89. The Hall–Kier alpha value is -2.05. The summed E-state index contributed by atoms with van der Waals surface area (Å²) in [5.74, 6) is -0.739. The van der Waals surface area contributed by atoms with Crippen LogP contribution in [0, 0.1) is 0 Å². The van der Waals surface area contributed by atoms with Gasteiger partial charge in [-0.25, -0.2) is 8.42 Å². The van der Waals surface area contributed by atoms with E-state index in [1.807, 2.05) is 0 Å². The van der Waals surface area contributed by atoms with Crippen molar-refractivity contribution in [1.29, 1.82) is 0 Å². The molecule has 5 nitrogen and oxygen atoms in total. The molecular weight excluding hydrogens is 312 g/mol. The van der Waals surface area contributed by atoms with Crippen LogP contribution >= 0.6 is 11.6 Å². The van der Waals surface area contributed by atoms with Crippen LogP contribution in [-0.2, 0) is 14.8 Å². The minimum absolute atomic E-state index is 0.0389. The van der Waals surface area contributed by atoms with Gasteiger partial charge in [0.1, 0.15) is 6.54 Å². The summed E-state index contributed by atoms with van der Waals surface area (Å²) in [5.41, 5.74) is 5.53. The molecule has 0 aliphatic rings. The zero-order valence-electron chi connectivity index (χ0n) is 10.9. The molecule has 21 heavy (non-hydrogen) atoms. The van der Waals surface area contributed by atoms with Crippen LogP contribution in [0.1, 0.15) is 0 Å². The van der Waals surface area contributed by atoms with Gasteiger partial charge in [0, 0.05) is 5.02 Å². The lowest BCUT2D eigenvalue weighted by Gasteiger charge is -2.23. The van der Waals surface area contributed by atoms with Crippen molar-refractivity contribution in [1.82, 2.24) is 0 Å². The molecule has 0 saturated carbocycles. The summed E-state index contributed by atoms with van der Waals surface area (Å²) < 4.78 is 26.3. The lowest BCUT2D eigenvalue weighted by atomic mass is 10.3. The molecule has 0 spiro atoms. The Morgan fingerprint density at radius 1 is 1.05 bits per heavy atom. The number of benzene rings is 2. The molecule has 0 aliphatic heterocycles. The van der Waals surface area contributed by atoms with E-state index in [0.29, 0.717) is 10.7 Å². The van der Waals surface area contributed by atoms with Crippen LogP contribution in [0.5, 0.6) is 0 Å². The third-order valence-electron chi connectivity index (χ3n) is 2.75. The number of anilines is 1. The van der Waals surface area contributed by atoms with Crippen molar-refractivity contribution in [2.75, 3.05) is 10.8 Å². The second kappa shape index (κ2) is 6.15. The molecule has 0 bridgehead atoms. The number of amides is 1. The number of carbonyl (C=O) groups excluding carboxylic acids is 1. The van der Waals surface area contributed by atoms with Gasteiger partial charge in [-0.1, -0.05) is 29.8 Å². The fraction of sp³-hybridized carbons (Fsp3) is 0.0714. The lowest BCUT2D eigenvalue weighted by molar-refractivity contribution is -0.116. The molecule has 0 aliphatic carbocycles. The Labute approximate surface area is 128 Å². The molecule has 110 valence electrons. The van der Waals surface area contributed by atoms with Crippen LogP contribution in [-0.4, -0.2) is 20.9 Å². The number of primary amides is 1. The van der Waals surface area contributed by atoms with Crippen molar-refractivity contribution in [3.63, 3.8) is 0 Å². The van der Waals surface area contributed by atoms with E-state index in [9.17, 15) is 13.2 Å². The van der Waals surface area contributed by atoms with Gasteiger partial charge in [0.25, 0.3) is 10.0 Å². The van der Waals surface area contributed by atoms with Gasteiger partial charge in [-0.05, 0) is 36.4 Å². The maximum Gasteiger partial charge on any atom is 0.264 e. The van der Waals surface area contributed by atoms with E-state index in [-0.39, 0.29) is 4.90 Å². The molecule has 2 aromatic carbocycles. The molecule has 0 radical (unpaired) electrons. The van der Waals surface area contributed by atoms with E-state index in [4.69, 9.17) is 17.3 Å². The van der Waals surface area contributed by atoms with E-state index in [1.54, 1.807) is 30.3 Å². The maximum absolute atomic E-state index is 12.7. The van der Waals surface area contributed by atoms with Crippen molar-refractivity contribution < 1.29 is 13.2 Å². The first-order valence-corrected chi connectivity index (χ1v) is 7.85. The van der Waals surface area contributed by atoms with E-state index in [1.165, 1.54) is 24.3 Å². The number of hydrogen-bond donors (Lipinski definition) is 1. The Morgan fingerprint density at radius 3 is 2.14 bits per heavy atom. The zero-order valence-corrected chi connectivity index (χ0v) is 12.5. The average molecular weight is 325 g/mol. The topological polar surface area (TPSA) is 80.5 Å². The Kier molecular flexibility index (Phi) is 4.50. The third-order valence-corrected chi connectivity index (χ3v) is 4.79. The first kappa shape index (κ1) is 15.3. The fourth-order valence-electron chi connectivity index (χ4n) is 1.78. The van der Waals surface area contributed by atoms with Gasteiger partial charge in [0.15, 0.2) is 0 Å². The summed E-state index contributed by atoms with van der Waals surface area (Å²) in [4.78, 5) is 11.2. The molecular formula is C14H13ClN2O3S. The molecule has 7 heteroatoms. The van der Waals surface area contributed by atoms with Crippen molar-refractivity contribution >= 4 is 33.2 Å². The quantitative estimate of drug-likeness (QED) is 0.913. The largest absolute Gasteiger partial charge is 0.368 e. The average Bonchev–Trinajstić information content (AvgIpc) is 2.46. The van der Waals surface area contributed by atoms with Gasteiger partial charge in [-0.3, -0.25) is 9.10 Å².